The van der Waals surface area contributed by atoms with Gasteiger partial charge in [0.2, 0.25) is 5.91 Å². The number of rotatable bonds is 5. The molecule has 1 aliphatic rings. The van der Waals surface area contributed by atoms with Crippen molar-refractivity contribution in [2.75, 3.05) is 11.9 Å². The summed E-state index contributed by atoms with van der Waals surface area (Å²) in [5.74, 6) is 2.21. The summed E-state index contributed by atoms with van der Waals surface area (Å²) < 4.78 is 5.93. The Morgan fingerprint density at radius 2 is 2.22 bits per heavy atom. The Hall–Kier alpha value is -3.78. The number of carbonyl (C=O) groups excluding carboxylic acids is 1. The van der Waals surface area contributed by atoms with E-state index in [4.69, 9.17) is 4.74 Å². The molecule has 7 nitrogen and oxygen atoms in total. The number of nitrogens with one attached hydrogen (secondary N) is 1. The molecular weight excluding hydrogens is 422 g/mol. The highest BCUT2D eigenvalue weighted by Crippen LogP contribution is 2.38. The zero-order valence-electron chi connectivity index (χ0n) is 17.5. The maximum Gasteiger partial charge on any atom is 0.246 e. The standard InChI is InChI=1S/C24H21N5O2S/c1-3-21(30)29-10-8-18-20(13-29)32-24-22(18)23(26-14-27-24)28-16-6-7-19(15(2)11-16)31-17-5-4-9-25-12-17/h3-7,9,11-12,14H,1,8,10,13H2,2H3,(H,26,27,28). The minimum Gasteiger partial charge on any atom is -0.455 e. The SMILES string of the molecule is C=CC(=O)N1CCc2c(sc3ncnc(Nc4ccc(Oc5cccnc5)c(C)c4)c23)C1. The Kier molecular flexibility index (Phi) is 5.28. The van der Waals surface area contributed by atoms with Crippen LogP contribution in [-0.4, -0.2) is 32.3 Å². The van der Waals surface area contributed by atoms with Gasteiger partial charge >= 0.3 is 0 Å². The highest BCUT2D eigenvalue weighted by Gasteiger charge is 2.25. The predicted octanol–water partition coefficient (Wildman–Crippen LogP) is 5.00. The minimum absolute atomic E-state index is 0.0402. The number of hydrogen-bond acceptors (Lipinski definition) is 7. The molecule has 32 heavy (non-hydrogen) atoms. The van der Waals surface area contributed by atoms with E-state index < -0.39 is 0 Å². The summed E-state index contributed by atoms with van der Waals surface area (Å²) in [6, 6.07) is 9.65. The van der Waals surface area contributed by atoms with Gasteiger partial charge in [-0.05, 0) is 60.9 Å². The molecule has 0 fully saturated rings. The van der Waals surface area contributed by atoms with E-state index in [0.29, 0.717) is 18.8 Å². The molecule has 4 heterocycles. The third-order valence-electron chi connectivity index (χ3n) is 5.42. The molecule has 0 bridgehead atoms. The van der Waals surface area contributed by atoms with Crippen molar-refractivity contribution < 1.29 is 9.53 Å². The Balaban J connectivity index is 1.42. The molecule has 1 aromatic carbocycles. The number of ether oxygens (including phenoxy) is 1. The first-order valence-electron chi connectivity index (χ1n) is 10.2. The van der Waals surface area contributed by atoms with Crippen LogP contribution in [0.2, 0.25) is 0 Å². The molecule has 0 radical (unpaired) electrons. The number of aromatic nitrogens is 3. The first kappa shape index (κ1) is 20.1. The molecule has 160 valence electrons. The van der Waals surface area contributed by atoms with Crippen LogP contribution in [-0.2, 0) is 17.8 Å². The number of nitrogens with zero attached hydrogens (tertiary/aromatic N) is 4. The molecule has 0 aliphatic carbocycles. The van der Waals surface area contributed by atoms with Crippen LogP contribution in [0.3, 0.4) is 0 Å². The number of aryl methyl sites for hydroxylation is 1. The van der Waals surface area contributed by atoms with Crippen molar-refractivity contribution in [3.8, 4) is 11.5 Å². The number of benzene rings is 1. The lowest BCUT2D eigenvalue weighted by Crippen LogP contribution is -2.34. The molecular formula is C24H21N5O2S. The van der Waals surface area contributed by atoms with Crippen molar-refractivity contribution in [2.24, 2.45) is 0 Å². The lowest BCUT2D eigenvalue weighted by atomic mass is 10.0. The highest BCUT2D eigenvalue weighted by molar-refractivity contribution is 7.19. The van der Waals surface area contributed by atoms with Gasteiger partial charge in [0, 0.05) is 23.3 Å². The van der Waals surface area contributed by atoms with E-state index in [9.17, 15) is 4.79 Å². The lowest BCUT2D eigenvalue weighted by Gasteiger charge is -2.26. The zero-order valence-corrected chi connectivity index (χ0v) is 18.4. The van der Waals surface area contributed by atoms with Gasteiger partial charge in [-0.1, -0.05) is 6.58 Å². The van der Waals surface area contributed by atoms with Gasteiger partial charge in [0.25, 0.3) is 0 Å². The van der Waals surface area contributed by atoms with Crippen LogP contribution >= 0.6 is 11.3 Å². The Bertz CT molecular complexity index is 1320. The average Bonchev–Trinajstić information content (AvgIpc) is 3.20. The number of pyridine rings is 1. The fourth-order valence-corrected chi connectivity index (χ4v) is 5.06. The van der Waals surface area contributed by atoms with Gasteiger partial charge in [0.05, 0.1) is 18.1 Å². The van der Waals surface area contributed by atoms with Crippen LogP contribution < -0.4 is 10.1 Å². The average molecular weight is 444 g/mol. The largest absolute Gasteiger partial charge is 0.455 e. The molecule has 1 aliphatic heterocycles. The van der Waals surface area contributed by atoms with Crippen molar-refractivity contribution >= 4 is 39.0 Å². The Morgan fingerprint density at radius 3 is 3.00 bits per heavy atom. The molecule has 5 rings (SSSR count). The quantitative estimate of drug-likeness (QED) is 0.437. The normalized spacial score (nSPS) is 13.0. The maximum atomic E-state index is 12.0. The number of hydrogen-bond donors (Lipinski definition) is 1. The second kappa shape index (κ2) is 8.39. The Labute approximate surface area is 189 Å². The van der Waals surface area contributed by atoms with Crippen LogP contribution in [0.25, 0.3) is 10.2 Å². The highest BCUT2D eigenvalue weighted by atomic mass is 32.1. The van der Waals surface area contributed by atoms with Gasteiger partial charge in [0.15, 0.2) is 0 Å². The van der Waals surface area contributed by atoms with Crippen molar-refractivity contribution in [3.05, 3.63) is 77.7 Å². The molecule has 0 saturated carbocycles. The molecule has 0 unspecified atom stereocenters. The second-order valence-corrected chi connectivity index (χ2v) is 8.60. The molecule has 4 aromatic rings. The van der Waals surface area contributed by atoms with Crippen molar-refractivity contribution in [2.45, 2.75) is 19.9 Å². The number of thiophene rings is 1. The Morgan fingerprint density at radius 1 is 1.31 bits per heavy atom. The monoisotopic (exact) mass is 443 g/mol. The summed E-state index contributed by atoms with van der Waals surface area (Å²) in [6.07, 6.45) is 7.12. The van der Waals surface area contributed by atoms with E-state index in [1.807, 2.05) is 42.2 Å². The van der Waals surface area contributed by atoms with E-state index in [1.165, 1.54) is 11.6 Å². The van der Waals surface area contributed by atoms with Gasteiger partial charge in [-0.2, -0.15) is 0 Å². The van der Waals surface area contributed by atoms with Crippen LogP contribution in [0.5, 0.6) is 11.5 Å². The first-order valence-corrected chi connectivity index (χ1v) is 11.1. The van der Waals surface area contributed by atoms with E-state index in [0.717, 1.165) is 44.3 Å². The molecule has 0 saturated heterocycles. The third kappa shape index (κ3) is 3.80. The molecule has 0 atom stereocenters. The molecule has 1 N–H and O–H groups in total. The van der Waals surface area contributed by atoms with Gasteiger partial charge < -0.3 is 15.0 Å². The second-order valence-electron chi connectivity index (χ2n) is 7.52. The predicted molar refractivity (Wildman–Crippen MR) is 126 cm³/mol. The fraction of sp³-hybridized carbons (Fsp3) is 0.167. The molecule has 3 aromatic heterocycles. The summed E-state index contributed by atoms with van der Waals surface area (Å²) in [5, 5.41) is 4.48. The first-order chi connectivity index (χ1) is 15.6. The summed E-state index contributed by atoms with van der Waals surface area (Å²) in [7, 11) is 0. The number of amides is 1. The summed E-state index contributed by atoms with van der Waals surface area (Å²) in [4.78, 5) is 29.0. The minimum atomic E-state index is -0.0402. The van der Waals surface area contributed by atoms with Crippen molar-refractivity contribution in [1.82, 2.24) is 19.9 Å². The van der Waals surface area contributed by atoms with Crippen molar-refractivity contribution in [3.63, 3.8) is 0 Å². The summed E-state index contributed by atoms with van der Waals surface area (Å²) >= 11 is 1.62. The number of carbonyl (C=O) groups is 1. The summed E-state index contributed by atoms with van der Waals surface area (Å²) in [6.45, 7) is 6.85. The van der Waals surface area contributed by atoms with E-state index >= 15 is 0 Å². The zero-order chi connectivity index (χ0) is 22.1. The van der Waals surface area contributed by atoms with E-state index in [-0.39, 0.29) is 5.91 Å². The molecule has 1 amide bonds. The third-order valence-corrected chi connectivity index (χ3v) is 6.55. The molecule has 0 spiro atoms. The maximum absolute atomic E-state index is 12.0. The van der Waals surface area contributed by atoms with Crippen LogP contribution in [0.15, 0.2) is 61.7 Å². The van der Waals surface area contributed by atoms with Crippen LogP contribution in [0.1, 0.15) is 16.0 Å². The van der Waals surface area contributed by atoms with Crippen molar-refractivity contribution in [1.29, 1.82) is 0 Å². The van der Waals surface area contributed by atoms with Gasteiger partial charge in [-0.25, -0.2) is 9.97 Å². The van der Waals surface area contributed by atoms with E-state index in [1.54, 1.807) is 30.1 Å². The molecule has 8 heteroatoms. The smallest absolute Gasteiger partial charge is 0.246 e. The number of fused-ring (bicyclic) bond motifs is 3. The summed E-state index contributed by atoms with van der Waals surface area (Å²) in [5.41, 5.74) is 3.13. The topological polar surface area (TPSA) is 80.2 Å². The van der Waals surface area contributed by atoms with E-state index in [2.05, 4.69) is 26.8 Å². The number of anilines is 2. The fourth-order valence-electron chi connectivity index (χ4n) is 3.85. The van der Waals surface area contributed by atoms with Gasteiger partial charge in [0.1, 0.15) is 28.5 Å². The lowest BCUT2D eigenvalue weighted by molar-refractivity contribution is -0.126. The van der Waals surface area contributed by atoms with Crippen LogP contribution in [0, 0.1) is 6.92 Å². The van der Waals surface area contributed by atoms with Gasteiger partial charge in [-0.15, -0.1) is 11.3 Å². The van der Waals surface area contributed by atoms with Gasteiger partial charge in [-0.3, -0.25) is 9.78 Å². The van der Waals surface area contributed by atoms with Crippen LogP contribution in [0.4, 0.5) is 11.5 Å².